The molecule has 0 N–H and O–H groups in total. The summed E-state index contributed by atoms with van der Waals surface area (Å²) in [4.78, 5) is 0. The molecule has 2 spiro atoms. The first kappa shape index (κ1) is 10.5. The van der Waals surface area contributed by atoms with Crippen LogP contribution in [-0.4, -0.2) is 0 Å². The predicted octanol–water partition coefficient (Wildman–Crippen LogP) is 4.66. The lowest BCUT2D eigenvalue weighted by atomic mass is 9.54. The molecule has 18 heavy (non-hydrogen) atoms. The largest absolute Gasteiger partial charge is 0.0998 e. The molecule has 4 unspecified atom stereocenters. The number of hydrogen-bond acceptors (Lipinski definition) is 0. The summed E-state index contributed by atoms with van der Waals surface area (Å²) in [7, 11) is 0. The molecule has 0 aromatic heterocycles. The Morgan fingerprint density at radius 2 is 1.78 bits per heavy atom. The van der Waals surface area contributed by atoms with Crippen molar-refractivity contribution in [2.75, 3.05) is 0 Å². The van der Waals surface area contributed by atoms with Crippen molar-refractivity contribution < 1.29 is 0 Å². The second-order valence-corrected chi connectivity index (χ2v) is 8.99. The summed E-state index contributed by atoms with van der Waals surface area (Å²) in [5.41, 5.74) is 3.58. The van der Waals surface area contributed by atoms with Gasteiger partial charge in [0, 0.05) is 0 Å². The van der Waals surface area contributed by atoms with E-state index in [9.17, 15) is 0 Å². The van der Waals surface area contributed by atoms with Gasteiger partial charge < -0.3 is 0 Å². The number of allylic oxidation sites excluding steroid dienone is 1. The first-order chi connectivity index (χ1) is 8.46. The van der Waals surface area contributed by atoms with Crippen LogP contribution in [-0.2, 0) is 0 Å². The minimum atomic E-state index is 0.540. The summed E-state index contributed by atoms with van der Waals surface area (Å²) >= 11 is 0. The van der Waals surface area contributed by atoms with Crippen molar-refractivity contribution in [2.45, 2.75) is 52.9 Å². The molecule has 0 amide bonds. The van der Waals surface area contributed by atoms with Gasteiger partial charge in [0.25, 0.3) is 0 Å². The molecule has 0 heterocycles. The van der Waals surface area contributed by atoms with Gasteiger partial charge in [-0.15, -0.1) is 0 Å². The zero-order valence-electron chi connectivity index (χ0n) is 12.1. The van der Waals surface area contributed by atoms with E-state index in [1.54, 1.807) is 25.7 Å². The average molecular weight is 242 g/mol. The third-order valence-electron chi connectivity index (χ3n) is 8.68. The van der Waals surface area contributed by atoms with E-state index < -0.39 is 0 Å². The Kier molecular flexibility index (Phi) is 1.46. The first-order valence-corrected chi connectivity index (χ1v) is 8.11. The van der Waals surface area contributed by atoms with Gasteiger partial charge in [0.05, 0.1) is 0 Å². The highest BCUT2D eigenvalue weighted by Gasteiger charge is 2.93. The quantitative estimate of drug-likeness (QED) is 0.587. The van der Waals surface area contributed by atoms with Crippen LogP contribution in [0.15, 0.2) is 12.2 Å². The molecule has 6 fully saturated rings. The molecule has 6 saturated carbocycles. The molecule has 4 bridgehead atoms. The molecule has 0 aliphatic heterocycles. The van der Waals surface area contributed by atoms with Crippen molar-refractivity contribution in [3.63, 3.8) is 0 Å². The van der Waals surface area contributed by atoms with Crippen LogP contribution < -0.4 is 0 Å². The van der Waals surface area contributed by atoms with E-state index in [-0.39, 0.29) is 0 Å². The molecule has 0 aromatic rings. The summed E-state index contributed by atoms with van der Waals surface area (Å²) in [5, 5.41) is 0. The smallest absolute Gasteiger partial charge is 0.0116 e. The SMILES string of the molecule is C=C(C)C1CC23[C@@H]4CC5C[C@@H](C4)C[C@@H]2C53C1(C)C. The Morgan fingerprint density at radius 1 is 1.06 bits per heavy atom. The van der Waals surface area contributed by atoms with Gasteiger partial charge in [-0.05, 0) is 84.9 Å². The third kappa shape index (κ3) is 0.683. The molecule has 7 atom stereocenters. The molecule has 6 aliphatic carbocycles. The van der Waals surface area contributed by atoms with E-state index in [0.29, 0.717) is 5.41 Å². The van der Waals surface area contributed by atoms with Crippen LogP contribution in [0.4, 0.5) is 0 Å². The van der Waals surface area contributed by atoms with Crippen molar-refractivity contribution in [2.24, 2.45) is 45.8 Å². The maximum absolute atomic E-state index is 4.34. The van der Waals surface area contributed by atoms with Crippen molar-refractivity contribution in [1.29, 1.82) is 0 Å². The van der Waals surface area contributed by atoms with E-state index in [0.717, 1.165) is 40.4 Å². The normalized spacial score (nSPS) is 64.9. The molecule has 6 rings (SSSR count). The van der Waals surface area contributed by atoms with E-state index in [1.807, 2.05) is 0 Å². The summed E-state index contributed by atoms with van der Waals surface area (Å²) in [6, 6.07) is 0. The third-order valence-corrected chi connectivity index (χ3v) is 8.68. The zero-order chi connectivity index (χ0) is 12.5. The highest BCUT2D eigenvalue weighted by molar-refractivity contribution is 5.42. The maximum atomic E-state index is 4.34. The molecule has 6 aliphatic rings. The zero-order valence-corrected chi connectivity index (χ0v) is 12.1. The van der Waals surface area contributed by atoms with Gasteiger partial charge in [-0.1, -0.05) is 26.0 Å². The van der Waals surface area contributed by atoms with E-state index in [1.165, 1.54) is 12.0 Å². The van der Waals surface area contributed by atoms with Gasteiger partial charge >= 0.3 is 0 Å². The Labute approximate surface area is 111 Å². The number of hydrogen-bond donors (Lipinski definition) is 0. The van der Waals surface area contributed by atoms with Crippen molar-refractivity contribution in [3.8, 4) is 0 Å². The second kappa shape index (κ2) is 2.50. The van der Waals surface area contributed by atoms with Gasteiger partial charge in [-0.2, -0.15) is 0 Å². The van der Waals surface area contributed by atoms with E-state index >= 15 is 0 Å². The van der Waals surface area contributed by atoms with Crippen molar-refractivity contribution in [3.05, 3.63) is 12.2 Å². The Hall–Kier alpha value is -0.260. The van der Waals surface area contributed by atoms with Gasteiger partial charge in [0.2, 0.25) is 0 Å². The van der Waals surface area contributed by atoms with Gasteiger partial charge in [0.15, 0.2) is 0 Å². The fraction of sp³-hybridized carbons (Fsp3) is 0.889. The summed E-state index contributed by atoms with van der Waals surface area (Å²) in [5.74, 6) is 5.28. The lowest BCUT2D eigenvalue weighted by molar-refractivity contribution is -0.00369. The minimum absolute atomic E-state index is 0.540. The van der Waals surface area contributed by atoms with E-state index in [4.69, 9.17) is 0 Å². The predicted molar refractivity (Wildman–Crippen MR) is 74.0 cm³/mol. The van der Waals surface area contributed by atoms with Gasteiger partial charge in [-0.25, -0.2) is 0 Å². The maximum Gasteiger partial charge on any atom is -0.0116 e. The van der Waals surface area contributed by atoms with Crippen molar-refractivity contribution >= 4 is 0 Å². The highest BCUT2D eigenvalue weighted by atomic mass is 15.0. The molecule has 0 nitrogen and oxygen atoms in total. The lowest BCUT2D eigenvalue weighted by Gasteiger charge is -2.50. The van der Waals surface area contributed by atoms with Crippen LogP contribution in [0.2, 0.25) is 0 Å². The highest BCUT2D eigenvalue weighted by Crippen LogP contribution is 2.99. The molecule has 0 radical (unpaired) electrons. The minimum Gasteiger partial charge on any atom is -0.0998 e. The van der Waals surface area contributed by atoms with Crippen LogP contribution in [0.25, 0.3) is 0 Å². The molecule has 0 heteroatoms. The fourth-order valence-electron chi connectivity index (χ4n) is 8.83. The van der Waals surface area contributed by atoms with Crippen LogP contribution in [0.1, 0.15) is 52.9 Å². The fourth-order valence-corrected chi connectivity index (χ4v) is 8.83. The molecular weight excluding hydrogens is 216 g/mol. The molecular formula is C18H26. The van der Waals surface area contributed by atoms with Gasteiger partial charge in [0.1, 0.15) is 0 Å². The Balaban J connectivity index is 1.72. The Morgan fingerprint density at radius 3 is 2.50 bits per heavy atom. The average Bonchev–Trinajstić information content (AvgIpc) is 2.76. The van der Waals surface area contributed by atoms with E-state index in [2.05, 4.69) is 27.4 Å². The first-order valence-electron chi connectivity index (χ1n) is 8.11. The van der Waals surface area contributed by atoms with Crippen LogP contribution in [0.5, 0.6) is 0 Å². The monoisotopic (exact) mass is 242 g/mol. The van der Waals surface area contributed by atoms with Gasteiger partial charge in [-0.3, -0.25) is 0 Å². The lowest BCUT2D eigenvalue weighted by Crippen LogP contribution is -2.43. The van der Waals surface area contributed by atoms with Crippen LogP contribution in [0.3, 0.4) is 0 Å². The molecule has 0 saturated heterocycles. The van der Waals surface area contributed by atoms with Crippen LogP contribution in [0, 0.1) is 45.8 Å². The summed E-state index contributed by atoms with van der Waals surface area (Å²) < 4.78 is 0. The molecule has 0 aromatic carbocycles. The second-order valence-electron chi connectivity index (χ2n) is 8.99. The summed E-state index contributed by atoms with van der Waals surface area (Å²) in [6.07, 6.45) is 7.88. The van der Waals surface area contributed by atoms with Crippen molar-refractivity contribution in [1.82, 2.24) is 0 Å². The Bertz CT molecular complexity index is 460. The number of rotatable bonds is 1. The summed E-state index contributed by atoms with van der Waals surface area (Å²) in [6.45, 7) is 11.8. The molecule has 98 valence electrons. The van der Waals surface area contributed by atoms with Crippen LogP contribution >= 0.6 is 0 Å². The standard InChI is InChI=1S/C18H26/c1-10(2)14-9-17-12-5-11-6-13(8-12)18(17,15(17)7-11)16(14,3)4/h11-15H,1,5-9H2,2-4H3/t11-,12+,13?,14?,15+,17?,18?/m1/s1. The topological polar surface area (TPSA) is 0 Å².